The van der Waals surface area contributed by atoms with Crippen molar-refractivity contribution in [3.63, 3.8) is 0 Å². The van der Waals surface area contributed by atoms with Crippen LogP contribution in [0.4, 0.5) is 0 Å². The molecular formula is C11H20N2O3. The number of nitrogens with two attached hydrogens (primary N) is 2. The van der Waals surface area contributed by atoms with E-state index in [1.807, 2.05) is 0 Å². The monoisotopic (exact) mass is 228 g/mol. The van der Waals surface area contributed by atoms with E-state index < -0.39 is 11.4 Å². The summed E-state index contributed by atoms with van der Waals surface area (Å²) in [5, 5.41) is 0. The Morgan fingerprint density at radius 3 is 2.88 bits per heavy atom. The fourth-order valence-electron chi connectivity index (χ4n) is 2.41. The van der Waals surface area contributed by atoms with E-state index in [1.165, 1.54) is 0 Å². The second kappa shape index (κ2) is 4.69. The van der Waals surface area contributed by atoms with E-state index in [0.29, 0.717) is 19.4 Å². The Bertz CT molecular complexity index is 266. The van der Waals surface area contributed by atoms with E-state index in [1.54, 1.807) is 0 Å². The van der Waals surface area contributed by atoms with Crippen molar-refractivity contribution in [1.29, 1.82) is 0 Å². The normalized spacial score (nSPS) is 39.1. The van der Waals surface area contributed by atoms with Gasteiger partial charge in [-0.05, 0) is 25.7 Å². The zero-order chi connectivity index (χ0) is 11.6. The first-order valence-electron chi connectivity index (χ1n) is 5.92. The van der Waals surface area contributed by atoms with Gasteiger partial charge in [0.2, 0.25) is 5.91 Å². The standard InChI is InChI=1S/C11H20N2O3/c12-10(14)11(13)4-3-8(6-11)16-7-9-2-1-5-15-9/h8-9H,1-7,13H2,(H2,12,14). The lowest BCUT2D eigenvalue weighted by Crippen LogP contribution is -2.50. The molecule has 4 N–H and O–H groups in total. The highest BCUT2D eigenvalue weighted by Gasteiger charge is 2.41. The molecule has 1 saturated heterocycles. The van der Waals surface area contributed by atoms with Crippen LogP contribution in [0.3, 0.4) is 0 Å². The second-order valence-electron chi connectivity index (χ2n) is 4.85. The van der Waals surface area contributed by atoms with Crippen molar-refractivity contribution in [1.82, 2.24) is 0 Å². The van der Waals surface area contributed by atoms with Crippen LogP contribution in [0.1, 0.15) is 32.1 Å². The summed E-state index contributed by atoms with van der Waals surface area (Å²) in [5.74, 6) is -0.421. The molecule has 1 aliphatic carbocycles. The summed E-state index contributed by atoms with van der Waals surface area (Å²) in [6.45, 7) is 1.44. The third-order valence-electron chi connectivity index (χ3n) is 3.54. The minimum atomic E-state index is -0.860. The minimum absolute atomic E-state index is 0.0571. The summed E-state index contributed by atoms with van der Waals surface area (Å²) < 4.78 is 11.2. The van der Waals surface area contributed by atoms with E-state index in [0.717, 1.165) is 25.9 Å². The van der Waals surface area contributed by atoms with E-state index in [9.17, 15) is 4.79 Å². The molecule has 0 aromatic heterocycles. The predicted molar refractivity (Wildman–Crippen MR) is 58.7 cm³/mol. The molecule has 0 radical (unpaired) electrons. The SMILES string of the molecule is NC(=O)C1(N)CCC(OCC2CCCO2)C1. The van der Waals surface area contributed by atoms with Gasteiger partial charge in [0.15, 0.2) is 0 Å². The number of hydrogen-bond acceptors (Lipinski definition) is 4. The van der Waals surface area contributed by atoms with Crippen LogP contribution in [0, 0.1) is 0 Å². The Hall–Kier alpha value is -0.650. The van der Waals surface area contributed by atoms with Gasteiger partial charge in [-0.25, -0.2) is 0 Å². The molecule has 1 heterocycles. The molecule has 92 valence electrons. The van der Waals surface area contributed by atoms with E-state index in [2.05, 4.69) is 0 Å². The maximum absolute atomic E-state index is 11.1. The summed E-state index contributed by atoms with van der Waals surface area (Å²) in [5.41, 5.74) is 10.3. The van der Waals surface area contributed by atoms with Crippen molar-refractivity contribution in [2.75, 3.05) is 13.2 Å². The second-order valence-corrected chi connectivity index (χ2v) is 4.85. The molecule has 1 aliphatic heterocycles. The summed E-state index contributed by atoms with van der Waals surface area (Å²) in [6, 6.07) is 0. The molecule has 3 atom stereocenters. The van der Waals surface area contributed by atoms with Gasteiger partial charge in [0.05, 0.1) is 24.4 Å². The largest absolute Gasteiger partial charge is 0.376 e. The summed E-state index contributed by atoms with van der Waals surface area (Å²) in [6.07, 6.45) is 4.43. The molecule has 3 unspecified atom stereocenters. The molecule has 2 aliphatic rings. The van der Waals surface area contributed by atoms with E-state index in [-0.39, 0.29) is 12.2 Å². The van der Waals surface area contributed by atoms with Crippen molar-refractivity contribution in [2.45, 2.75) is 49.9 Å². The average molecular weight is 228 g/mol. The number of primary amides is 1. The van der Waals surface area contributed by atoms with Crippen LogP contribution >= 0.6 is 0 Å². The zero-order valence-electron chi connectivity index (χ0n) is 9.48. The molecule has 16 heavy (non-hydrogen) atoms. The number of carbonyl (C=O) groups is 1. The molecule has 0 aromatic carbocycles. The van der Waals surface area contributed by atoms with Crippen LogP contribution in [0.25, 0.3) is 0 Å². The first-order valence-corrected chi connectivity index (χ1v) is 5.92. The van der Waals surface area contributed by atoms with Crippen LogP contribution in [0.2, 0.25) is 0 Å². The van der Waals surface area contributed by atoms with Crippen LogP contribution in [0.15, 0.2) is 0 Å². The van der Waals surface area contributed by atoms with Crippen molar-refractivity contribution in [3.8, 4) is 0 Å². The van der Waals surface area contributed by atoms with Gasteiger partial charge in [0, 0.05) is 13.0 Å². The fraction of sp³-hybridized carbons (Fsp3) is 0.909. The number of ether oxygens (including phenoxy) is 2. The highest BCUT2D eigenvalue weighted by Crippen LogP contribution is 2.30. The molecule has 2 rings (SSSR count). The van der Waals surface area contributed by atoms with E-state index in [4.69, 9.17) is 20.9 Å². The predicted octanol–water partition coefficient (Wildman–Crippen LogP) is -0.0827. The van der Waals surface area contributed by atoms with Crippen LogP contribution in [-0.4, -0.2) is 36.9 Å². The smallest absolute Gasteiger partial charge is 0.237 e. The van der Waals surface area contributed by atoms with Gasteiger partial charge in [-0.2, -0.15) is 0 Å². The molecule has 0 bridgehead atoms. The van der Waals surface area contributed by atoms with Gasteiger partial charge in [-0.1, -0.05) is 0 Å². The minimum Gasteiger partial charge on any atom is -0.376 e. The quantitative estimate of drug-likeness (QED) is 0.704. The molecule has 1 saturated carbocycles. The first-order chi connectivity index (χ1) is 7.60. The Balaban J connectivity index is 1.74. The Labute approximate surface area is 95.4 Å². The maximum atomic E-state index is 11.1. The maximum Gasteiger partial charge on any atom is 0.237 e. The van der Waals surface area contributed by atoms with Gasteiger partial charge in [0.25, 0.3) is 0 Å². The molecule has 0 aromatic rings. The lowest BCUT2D eigenvalue weighted by atomic mass is 9.99. The Morgan fingerprint density at radius 2 is 2.31 bits per heavy atom. The zero-order valence-corrected chi connectivity index (χ0v) is 9.48. The van der Waals surface area contributed by atoms with Gasteiger partial charge in [0.1, 0.15) is 0 Å². The van der Waals surface area contributed by atoms with Gasteiger partial charge >= 0.3 is 0 Å². The topological polar surface area (TPSA) is 87.6 Å². The molecule has 5 heteroatoms. The molecule has 1 amide bonds. The average Bonchev–Trinajstić information content (AvgIpc) is 2.85. The Kier molecular flexibility index (Phi) is 3.47. The van der Waals surface area contributed by atoms with Crippen molar-refractivity contribution in [2.24, 2.45) is 11.5 Å². The van der Waals surface area contributed by atoms with Crippen molar-refractivity contribution < 1.29 is 14.3 Å². The number of rotatable bonds is 4. The number of hydrogen-bond donors (Lipinski definition) is 2. The van der Waals surface area contributed by atoms with Gasteiger partial charge in [-0.15, -0.1) is 0 Å². The van der Waals surface area contributed by atoms with Gasteiger partial charge in [-0.3, -0.25) is 4.79 Å². The van der Waals surface area contributed by atoms with Gasteiger partial charge < -0.3 is 20.9 Å². The third kappa shape index (κ3) is 2.53. The lowest BCUT2D eigenvalue weighted by molar-refractivity contribution is -0.123. The van der Waals surface area contributed by atoms with Crippen LogP contribution < -0.4 is 11.5 Å². The third-order valence-corrected chi connectivity index (χ3v) is 3.54. The first kappa shape index (κ1) is 11.8. The molecule has 0 spiro atoms. The fourth-order valence-corrected chi connectivity index (χ4v) is 2.41. The molecule has 2 fully saturated rings. The lowest BCUT2D eigenvalue weighted by Gasteiger charge is -2.20. The number of amides is 1. The highest BCUT2D eigenvalue weighted by atomic mass is 16.5. The van der Waals surface area contributed by atoms with Crippen LogP contribution in [0.5, 0.6) is 0 Å². The summed E-state index contributed by atoms with van der Waals surface area (Å²) in [7, 11) is 0. The number of carbonyl (C=O) groups excluding carboxylic acids is 1. The summed E-state index contributed by atoms with van der Waals surface area (Å²) in [4.78, 5) is 11.1. The van der Waals surface area contributed by atoms with Crippen molar-refractivity contribution >= 4 is 5.91 Å². The highest BCUT2D eigenvalue weighted by molar-refractivity contribution is 5.84. The summed E-state index contributed by atoms with van der Waals surface area (Å²) >= 11 is 0. The molecule has 5 nitrogen and oxygen atoms in total. The van der Waals surface area contributed by atoms with E-state index >= 15 is 0 Å². The van der Waals surface area contributed by atoms with Crippen LogP contribution in [-0.2, 0) is 14.3 Å². The van der Waals surface area contributed by atoms with Crippen molar-refractivity contribution in [3.05, 3.63) is 0 Å². The molecular weight excluding hydrogens is 208 g/mol. The Morgan fingerprint density at radius 1 is 1.50 bits per heavy atom.